The van der Waals surface area contributed by atoms with E-state index in [0.717, 1.165) is 0 Å². The molecule has 0 aromatic heterocycles. The van der Waals surface area contributed by atoms with E-state index >= 15 is 0 Å². The van der Waals surface area contributed by atoms with E-state index < -0.39 is 34.0 Å². The molecule has 164 valence electrons. The van der Waals surface area contributed by atoms with Crippen LogP contribution in [-0.2, 0) is 15.6 Å². The van der Waals surface area contributed by atoms with Crippen molar-refractivity contribution in [3.63, 3.8) is 0 Å². The van der Waals surface area contributed by atoms with Crippen LogP contribution in [0.25, 0.3) is 0 Å². The first kappa shape index (κ1) is 22.7. The molecule has 2 atom stereocenters. The Morgan fingerprint density at radius 3 is 2.12 bits per heavy atom. The molecule has 3 aromatic rings. The zero-order valence-electron chi connectivity index (χ0n) is 16.9. The number of primary amides is 1. The summed E-state index contributed by atoms with van der Waals surface area (Å²) >= 11 is 0. The molecule has 32 heavy (non-hydrogen) atoms. The maximum Gasteiger partial charge on any atom is 0.316 e. The highest BCUT2D eigenvalue weighted by molar-refractivity contribution is 7.85. The van der Waals surface area contributed by atoms with Crippen molar-refractivity contribution < 1.29 is 23.7 Å². The average molecular weight is 452 g/mol. The maximum atomic E-state index is 13.1. The minimum atomic E-state index is -1.61. The standard InChI is InChI=1S/C23H21N3O5S/c24-23(30)26-19-9-5-4-8-18(19)22(29)25-16-10-12-17(13-11-16)32(31)20(14-21(27)28)15-6-2-1-3-7-15/h1-13,20H,14H2,(H,25,29)(H,27,28)(H3,24,26,30). The largest absolute Gasteiger partial charge is 0.481 e. The molecule has 0 fully saturated rings. The van der Waals surface area contributed by atoms with Crippen molar-refractivity contribution in [3.05, 3.63) is 90.0 Å². The van der Waals surface area contributed by atoms with Crippen molar-refractivity contribution in [2.45, 2.75) is 16.6 Å². The first-order valence-electron chi connectivity index (χ1n) is 9.59. The Morgan fingerprint density at radius 1 is 0.875 bits per heavy atom. The summed E-state index contributed by atoms with van der Waals surface area (Å²) in [7, 11) is -1.61. The van der Waals surface area contributed by atoms with Gasteiger partial charge in [-0.25, -0.2) is 4.79 Å². The number of aliphatic carboxylic acids is 1. The molecule has 0 aliphatic rings. The van der Waals surface area contributed by atoms with E-state index in [1.807, 2.05) is 0 Å². The lowest BCUT2D eigenvalue weighted by Gasteiger charge is -2.16. The molecule has 3 amide bonds. The van der Waals surface area contributed by atoms with Crippen molar-refractivity contribution in [2.24, 2.45) is 5.73 Å². The van der Waals surface area contributed by atoms with Crippen LogP contribution in [0.3, 0.4) is 0 Å². The number of carbonyl (C=O) groups is 3. The number of carbonyl (C=O) groups excluding carboxylic acids is 2. The number of nitrogens with two attached hydrogens (primary N) is 1. The van der Waals surface area contributed by atoms with Crippen molar-refractivity contribution in [1.29, 1.82) is 0 Å². The maximum absolute atomic E-state index is 13.1. The molecule has 5 N–H and O–H groups in total. The normalized spacial score (nSPS) is 12.4. The highest BCUT2D eigenvalue weighted by Crippen LogP contribution is 2.29. The molecule has 0 aliphatic heterocycles. The number of rotatable bonds is 8. The van der Waals surface area contributed by atoms with E-state index in [0.29, 0.717) is 16.1 Å². The number of carboxylic acids is 1. The topological polar surface area (TPSA) is 139 Å². The smallest absolute Gasteiger partial charge is 0.316 e. The molecule has 0 aliphatic carbocycles. The number of para-hydroxylation sites is 1. The summed E-state index contributed by atoms with van der Waals surface area (Å²) in [5.74, 6) is -1.50. The number of benzene rings is 3. The molecule has 0 saturated heterocycles. The van der Waals surface area contributed by atoms with Gasteiger partial charge >= 0.3 is 12.0 Å². The molecule has 0 spiro atoms. The SMILES string of the molecule is NC(=O)Nc1ccccc1C(=O)Nc1ccc(S(=O)C(CC(=O)O)c2ccccc2)cc1. The molecular formula is C23H21N3O5S. The van der Waals surface area contributed by atoms with E-state index in [1.54, 1.807) is 78.9 Å². The number of carboxylic acid groups (broad SMARTS) is 1. The van der Waals surface area contributed by atoms with Gasteiger partial charge in [0.25, 0.3) is 5.91 Å². The molecule has 0 bridgehead atoms. The Balaban J connectivity index is 1.77. The van der Waals surface area contributed by atoms with E-state index in [9.17, 15) is 23.7 Å². The molecule has 0 radical (unpaired) electrons. The molecule has 3 rings (SSSR count). The van der Waals surface area contributed by atoms with Gasteiger partial charge in [-0.3, -0.25) is 13.8 Å². The van der Waals surface area contributed by atoms with E-state index in [4.69, 9.17) is 5.73 Å². The zero-order chi connectivity index (χ0) is 23.1. The second-order valence-corrected chi connectivity index (χ2v) is 8.44. The van der Waals surface area contributed by atoms with Crippen molar-refractivity contribution in [3.8, 4) is 0 Å². The third kappa shape index (κ3) is 5.79. The quantitative estimate of drug-likeness (QED) is 0.413. The summed E-state index contributed by atoms with van der Waals surface area (Å²) in [6.07, 6.45) is -0.279. The Kier molecular flexibility index (Phi) is 7.35. The second kappa shape index (κ2) is 10.4. The van der Waals surface area contributed by atoms with Crippen LogP contribution in [-0.4, -0.2) is 27.2 Å². The highest BCUT2D eigenvalue weighted by atomic mass is 32.2. The average Bonchev–Trinajstić information content (AvgIpc) is 2.78. The van der Waals surface area contributed by atoms with Gasteiger partial charge in [-0.2, -0.15) is 0 Å². The van der Waals surface area contributed by atoms with Crippen LogP contribution in [0.4, 0.5) is 16.2 Å². The van der Waals surface area contributed by atoms with Crippen LogP contribution in [0, 0.1) is 0 Å². The molecule has 9 heteroatoms. The number of hydrogen-bond donors (Lipinski definition) is 4. The fraction of sp³-hybridized carbons (Fsp3) is 0.0870. The summed E-state index contributed by atoms with van der Waals surface area (Å²) in [5.41, 5.74) is 6.75. The van der Waals surface area contributed by atoms with Gasteiger partial charge in [0.05, 0.1) is 33.7 Å². The molecule has 0 heterocycles. The van der Waals surface area contributed by atoms with Gasteiger partial charge in [0, 0.05) is 10.6 Å². The van der Waals surface area contributed by atoms with Crippen LogP contribution in [0.5, 0.6) is 0 Å². The van der Waals surface area contributed by atoms with Crippen LogP contribution in [0.2, 0.25) is 0 Å². The summed E-state index contributed by atoms with van der Waals surface area (Å²) < 4.78 is 13.1. The van der Waals surface area contributed by atoms with Gasteiger partial charge in [-0.15, -0.1) is 0 Å². The van der Waals surface area contributed by atoms with E-state index in [-0.39, 0.29) is 17.7 Å². The lowest BCUT2D eigenvalue weighted by Crippen LogP contribution is -2.22. The fourth-order valence-electron chi connectivity index (χ4n) is 3.10. The fourth-order valence-corrected chi connectivity index (χ4v) is 4.53. The number of nitrogens with one attached hydrogen (secondary N) is 2. The van der Waals surface area contributed by atoms with E-state index in [1.165, 1.54) is 0 Å². The molecule has 2 unspecified atom stereocenters. The van der Waals surface area contributed by atoms with Crippen LogP contribution < -0.4 is 16.4 Å². The third-order valence-electron chi connectivity index (χ3n) is 4.56. The number of amides is 3. The predicted octanol–water partition coefficient (Wildman–Crippen LogP) is 3.75. The van der Waals surface area contributed by atoms with Crippen molar-refractivity contribution >= 4 is 40.1 Å². The first-order valence-corrected chi connectivity index (χ1v) is 10.8. The molecule has 0 saturated carbocycles. The second-order valence-electron chi connectivity index (χ2n) is 6.81. The van der Waals surface area contributed by atoms with Crippen LogP contribution >= 0.6 is 0 Å². The Bertz CT molecular complexity index is 1150. The van der Waals surface area contributed by atoms with Crippen LogP contribution in [0.15, 0.2) is 83.8 Å². The van der Waals surface area contributed by atoms with Gasteiger partial charge in [-0.1, -0.05) is 42.5 Å². The van der Waals surface area contributed by atoms with Gasteiger partial charge < -0.3 is 21.5 Å². The van der Waals surface area contributed by atoms with Gasteiger partial charge in [-0.05, 0) is 42.0 Å². The summed E-state index contributed by atoms with van der Waals surface area (Å²) in [4.78, 5) is 35.5. The van der Waals surface area contributed by atoms with Gasteiger partial charge in [0.2, 0.25) is 0 Å². The van der Waals surface area contributed by atoms with Crippen molar-refractivity contribution in [1.82, 2.24) is 0 Å². The van der Waals surface area contributed by atoms with Gasteiger partial charge in [0.15, 0.2) is 0 Å². The number of hydrogen-bond acceptors (Lipinski definition) is 4. The highest BCUT2D eigenvalue weighted by Gasteiger charge is 2.23. The summed E-state index contributed by atoms with van der Waals surface area (Å²) in [6, 6.07) is 20.8. The molecular weight excluding hydrogens is 430 g/mol. The minimum Gasteiger partial charge on any atom is -0.481 e. The van der Waals surface area contributed by atoms with Crippen LogP contribution in [0.1, 0.15) is 27.6 Å². The first-order chi connectivity index (χ1) is 15.3. The number of urea groups is 1. The summed E-state index contributed by atoms with van der Waals surface area (Å²) in [5, 5.41) is 13.7. The molecule has 8 nitrogen and oxygen atoms in total. The number of anilines is 2. The molecule has 3 aromatic carbocycles. The van der Waals surface area contributed by atoms with Crippen molar-refractivity contribution in [2.75, 3.05) is 10.6 Å². The lowest BCUT2D eigenvalue weighted by atomic mass is 10.1. The monoisotopic (exact) mass is 451 g/mol. The van der Waals surface area contributed by atoms with E-state index in [2.05, 4.69) is 10.6 Å². The zero-order valence-corrected chi connectivity index (χ0v) is 17.7. The Morgan fingerprint density at radius 2 is 1.50 bits per heavy atom. The Labute approximate surface area is 186 Å². The Hall–Kier alpha value is -3.98. The predicted molar refractivity (Wildman–Crippen MR) is 122 cm³/mol. The van der Waals surface area contributed by atoms with Gasteiger partial charge in [0.1, 0.15) is 0 Å². The third-order valence-corrected chi connectivity index (χ3v) is 6.26. The lowest BCUT2D eigenvalue weighted by molar-refractivity contribution is -0.137. The minimum absolute atomic E-state index is 0.226. The summed E-state index contributed by atoms with van der Waals surface area (Å²) in [6.45, 7) is 0.